The zero-order valence-corrected chi connectivity index (χ0v) is 8.01. The predicted octanol–water partition coefficient (Wildman–Crippen LogP) is 2.03. The lowest BCUT2D eigenvalue weighted by Crippen LogP contribution is -2.27. The Morgan fingerprint density at radius 1 is 1.50 bits per heavy atom. The second kappa shape index (κ2) is 3.40. The number of rotatable bonds is 2. The molecule has 0 aromatic heterocycles. The van der Waals surface area contributed by atoms with Gasteiger partial charge in [0.15, 0.2) is 0 Å². The molecule has 0 saturated heterocycles. The van der Waals surface area contributed by atoms with Gasteiger partial charge in [-0.15, -0.1) is 0 Å². The summed E-state index contributed by atoms with van der Waals surface area (Å²) in [6.45, 7) is 1.74. The minimum Gasteiger partial charge on any atom is -0.349 e. The van der Waals surface area contributed by atoms with Gasteiger partial charge in [0.1, 0.15) is 5.82 Å². The largest absolute Gasteiger partial charge is 0.349 e. The smallest absolute Gasteiger partial charge is 0.254 e. The van der Waals surface area contributed by atoms with Gasteiger partial charge >= 0.3 is 0 Å². The van der Waals surface area contributed by atoms with Gasteiger partial charge in [0.2, 0.25) is 0 Å². The first-order valence-corrected chi connectivity index (χ1v) is 4.74. The number of nitrogens with one attached hydrogen (secondary N) is 1. The predicted molar refractivity (Wildman–Crippen MR) is 51.6 cm³/mol. The molecule has 1 aliphatic rings. The van der Waals surface area contributed by atoms with Crippen LogP contribution >= 0.6 is 0 Å². The highest BCUT2D eigenvalue weighted by molar-refractivity contribution is 5.96. The Balaban J connectivity index is 2.24. The number of amides is 1. The van der Waals surface area contributed by atoms with Crippen molar-refractivity contribution >= 4 is 5.91 Å². The molecule has 0 heterocycles. The molecule has 1 aromatic rings. The fourth-order valence-electron chi connectivity index (χ4n) is 1.40. The van der Waals surface area contributed by atoms with E-state index in [0.717, 1.165) is 12.8 Å². The van der Waals surface area contributed by atoms with Crippen molar-refractivity contribution in [3.05, 3.63) is 35.1 Å². The Kier molecular flexibility index (Phi) is 2.23. The molecule has 74 valence electrons. The number of aryl methyl sites for hydroxylation is 1. The van der Waals surface area contributed by atoms with Crippen LogP contribution in [0, 0.1) is 12.7 Å². The van der Waals surface area contributed by atoms with Crippen LogP contribution in [0.5, 0.6) is 0 Å². The van der Waals surface area contributed by atoms with Crippen molar-refractivity contribution in [2.45, 2.75) is 25.8 Å². The third-order valence-electron chi connectivity index (χ3n) is 2.36. The number of benzene rings is 1. The number of hydrogen-bond donors (Lipinski definition) is 1. The van der Waals surface area contributed by atoms with Crippen molar-refractivity contribution in [1.29, 1.82) is 0 Å². The zero-order chi connectivity index (χ0) is 10.1. The molecule has 0 atom stereocenters. The maximum Gasteiger partial charge on any atom is 0.254 e. The summed E-state index contributed by atoms with van der Waals surface area (Å²) < 4.78 is 13.3. The maximum atomic E-state index is 13.3. The van der Waals surface area contributed by atoms with Crippen LogP contribution in [0.3, 0.4) is 0 Å². The molecule has 2 nitrogen and oxygen atoms in total. The lowest BCUT2D eigenvalue weighted by Gasteiger charge is -2.06. The molecule has 1 amide bonds. The van der Waals surface area contributed by atoms with E-state index >= 15 is 0 Å². The first-order valence-electron chi connectivity index (χ1n) is 4.74. The molecule has 2 rings (SSSR count). The summed E-state index contributed by atoms with van der Waals surface area (Å²) in [4.78, 5) is 11.6. The SMILES string of the molecule is Cc1cccc(F)c1C(=O)NC1CC1. The van der Waals surface area contributed by atoms with Crippen molar-refractivity contribution in [1.82, 2.24) is 5.32 Å². The molecule has 0 unspecified atom stereocenters. The highest BCUT2D eigenvalue weighted by Crippen LogP contribution is 2.20. The topological polar surface area (TPSA) is 29.1 Å². The van der Waals surface area contributed by atoms with E-state index in [4.69, 9.17) is 0 Å². The van der Waals surface area contributed by atoms with Crippen molar-refractivity contribution in [2.75, 3.05) is 0 Å². The van der Waals surface area contributed by atoms with Crippen LogP contribution in [0.4, 0.5) is 4.39 Å². The van der Waals surface area contributed by atoms with Gasteiger partial charge < -0.3 is 5.32 Å². The van der Waals surface area contributed by atoms with Crippen molar-refractivity contribution in [3.8, 4) is 0 Å². The van der Waals surface area contributed by atoms with E-state index in [1.807, 2.05) is 0 Å². The number of halogens is 1. The maximum absolute atomic E-state index is 13.3. The molecule has 0 bridgehead atoms. The molecular formula is C11H12FNO. The molecule has 1 aliphatic carbocycles. The van der Waals surface area contributed by atoms with E-state index in [1.165, 1.54) is 6.07 Å². The van der Waals surface area contributed by atoms with Crippen LogP contribution in [-0.4, -0.2) is 11.9 Å². The third kappa shape index (κ3) is 1.76. The van der Waals surface area contributed by atoms with Crippen LogP contribution in [0.1, 0.15) is 28.8 Å². The molecule has 1 fully saturated rings. The van der Waals surface area contributed by atoms with Gasteiger partial charge in [0.05, 0.1) is 5.56 Å². The summed E-state index contributed by atoms with van der Waals surface area (Å²) in [7, 11) is 0. The van der Waals surface area contributed by atoms with E-state index < -0.39 is 5.82 Å². The molecule has 0 spiro atoms. The van der Waals surface area contributed by atoms with Gasteiger partial charge in [-0.2, -0.15) is 0 Å². The third-order valence-corrected chi connectivity index (χ3v) is 2.36. The van der Waals surface area contributed by atoms with Gasteiger partial charge in [-0.25, -0.2) is 4.39 Å². The van der Waals surface area contributed by atoms with E-state index in [0.29, 0.717) is 5.56 Å². The summed E-state index contributed by atoms with van der Waals surface area (Å²) in [6, 6.07) is 4.93. The van der Waals surface area contributed by atoms with Gasteiger partial charge in [-0.3, -0.25) is 4.79 Å². The minimum atomic E-state index is -0.442. The van der Waals surface area contributed by atoms with Gasteiger partial charge in [-0.1, -0.05) is 12.1 Å². The van der Waals surface area contributed by atoms with E-state index in [1.54, 1.807) is 19.1 Å². The van der Waals surface area contributed by atoms with Gasteiger partial charge in [-0.05, 0) is 31.4 Å². The Hall–Kier alpha value is -1.38. The van der Waals surface area contributed by atoms with E-state index in [9.17, 15) is 9.18 Å². The lowest BCUT2D eigenvalue weighted by molar-refractivity contribution is 0.0946. The molecule has 14 heavy (non-hydrogen) atoms. The summed E-state index contributed by atoms with van der Waals surface area (Å²) in [5, 5.41) is 2.77. The summed E-state index contributed by atoms with van der Waals surface area (Å²) in [6.07, 6.45) is 2.03. The van der Waals surface area contributed by atoms with E-state index in [2.05, 4.69) is 5.32 Å². The van der Waals surface area contributed by atoms with Gasteiger partial charge in [0, 0.05) is 6.04 Å². The second-order valence-electron chi connectivity index (χ2n) is 3.68. The van der Waals surface area contributed by atoms with E-state index in [-0.39, 0.29) is 17.5 Å². The number of carbonyl (C=O) groups is 1. The molecule has 0 radical (unpaired) electrons. The Bertz CT molecular complexity index is 351. The Labute approximate surface area is 82.1 Å². The van der Waals surface area contributed by atoms with Gasteiger partial charge in [0.25, 0.3) is 5.91 Å². The lowest BCUT2D eigenvalue weighted by atomic mass is 10.1. The summed E-state index contributed by atoms with van der Waals surface area (Å²) in [5.74, 6) is -0.730. The highest BCUT2D eigenvalue weighted by atomic mass is 19.1. The standard InChI is InChI=1S/C11H12FNO/c1-7-3-2-4-9(12)10(7)11(14)13-8-5-6-8/h2-4,8H,5-6H2,1H3,(H,13,14). The fourth-order valence-corrected chi connectivity index (χ4v) is 1.40. The minimum absolute atomic E-state index is 0.180. The van der Waals surface area contributed by atoms with Crippen LogP contribution in [-0.2, 0) is 0 Å². The molecular weight excluding hydrogens is 181 g/mol. The van der Waals surface area contributed by atoms with Crippen molar-refractivity contribution < 1.29 is 9.18 Å². The number of hydrogen-bond acceptors (Lipinski definition) is 1. The molecule has 1 aromatic carbocycles. The molecule has 1 saturated carbocycles. The quantitative estimate of drug-likeness (QED) is 0.765. The van der Waals surface area contributed by atoms with Crippen LogP contribution in [0.25, 0.3) is 0 Å². The number of carbonyl (C=O) groups excluding carboxylic acids is 1. The average Bonchev–Trinajstić information content (AvgIpc) is 2.87. The first-order chi connectivity index (χ1) is 6.68. The van der Waals surface area contributed by atoms with Crippen LogP contribution in [0.2, 0.25) is 0 Å². The summed E-state index contributed by atoms with van der Waals surface area (Å²) >= 11 is 0. The average molecular weight is 193 g/mol. The summed E-state index contributed by atoms with van der Waals surface area (Å²) in [5.41, 5.74) is 0.863. The Morgan fingerprint density at radius 3 is 2.79 bits per heavy atom. The second-order valence-corrected chi connectivity index (χ2v) is 3.68. The van der Waals surface area contributed by atoms with Crippen LogP contribution in [0.15, 0.2) is 18.2 Å². The van der Waals surface area contributed by atoms with Crippen molar-refractivity contribution in [3.63, 3.8) is 0 Å². The van der Waals surface area contributed by atoms with Crippen molar-refractivity contribution in [2.24, 2.45) is 0 Å². The first kappa shape index (κ1) is 9.19. The molecule has 3 heteroatoms. The normalized spacial score (nSPS) is 15.3. The highest BCUT2D eigenvalue weighted by Gasteiger charge is 2.25. The molecule has 1 N–H and O–H groups in total. The Morgan fingerprint density at radius 2 is 2.21 bits per heavy atom. The monoisotopic (exact) mass is 193 g/mol. The molecule has 0 aliphatic heterocycles. The van der Waals surface area contributed by atoms with Crippen LogP contribution < -0.4 is 5.32 Å². The fraction of sp³-hybridized carbons (Fsp3) is 0.364. The zero-order valence-electron chi connectivity index (χ0n) is 8.01.